The van der Waals surface area contributed by atoms with Gasteiger partial charge in [0.05, 0.1) is 6.04 Å². The predicted octanol–water partition coefficient (Wildman–Crippen LogP) is 5.54. The molecular weight excluding hydrogens is 269 g/mol. The summed E-state index contributed by atoms with van der Waals surface area (Å²) in [7, 11) is 0. The van der Waals surface area contributed by atoms with E-state index >= 15 is 0 Å². The highest BCUT2D eigenvalue weighted by Gasteiger charge is 2.27. The first-order valence-corrected chi connectivity index (χ1v) is 8.17. The molecule has 1 fully saturated rings. The van der Waals surface area contributed by atoms with Crippen molar-refractivity contribution >= 4 is 17.0 Å². The second-order valence-electron chi connectivity index (χ2n) is 5.70. The van der Waals surface area contributed by atoms with Gasteiger partial charge in [0.25, 0.3) is 0 Å². The number of thiophene rings is 1. The molecule has 1 aliphatic carbocycles. The molecule has 3 rings (SSSR count). The third-order valence-corrected chi connectivity index (χ3v) is 5.04. The molecule has 1 aromatic heterocycles. The Morgan fingerprint density at radius 3 is 2.70 bits per heavy atom. The second kappa shape index (κ2) is 5.96. The summed E-state index contributed by atoms with van der Waals surface area (Å²) in [5, 5.41) is 5.70. The van der Waals surface area contributed by atoms with Crippen molar-refractivity contribution in [1.82, 2.24) is 0 Å². The summed E-state index contributed by atoms with van der Waals surface area (Å²) >= 11 is 1.79. The molecular formula is C17H20FNS. The molecule has 20 heavy (non-hydrogen) atoms. The standard InChI is InChI=1S/C17H20FNS/c1-12-9-14(18)11-15(10-12)19-17(13-5-2-3-6-13)16-7-4-8-20-16/h4,7-11,13,17,19H,2-3,5-6H2,1H3. The third-order valence-electron chi connectivity index (χ3n) is 4.09. The zero-order valence-electron chi connectivity index (χ0n) is 11.7. The highest BCUT2D eigenvalue weighted by molar-refractivity contribution is 7.10. The normalized spacial score (nSPS) is 17.3. The zero-order chi connectivity index (χ0) is 13.9. The molecule has 0 amide bonds. The maximum atomic E-state index is 13.6. The molecule has 3 heteroatoms. The molecule has 0 aliphatic heterocycles. The first-order valence-electron chi connectivity index (χ1n) is 7.29. The Kier molecular flexibility index (Phi) is 4.06. The lowest BCUT2D eigenvalue weighted by Gasteiger charge is -2.25. The largest absolute Gasteiger partial charge is 0.377 e. The number of hydrogen-bond donors (Lipinski definition) is 1. The summed E-state index contributed by atoms with van der Waals surface area (Å²) in [5.41, 5.74) is 1.86. The van der Waals surface area contributed by atoms with E-state index in [1.54, 1.807) is 23.5 Å². The number of aryl methyl sites for hydroxylation is 1. The highest BCUT2D eigenvalue weighted by atomic mass is 32.1. The first kappa shape index (κ1) is 13.6. The van der Waals surface area contributed by atoms with E-state index in [0.717, 1.165) is 11.3 Å². The second-order valence-corrected chi connectivity index (χ2v) is 6.68. The Hall–Kier alpha value is -1.35. The summed E-state index contributed by atoms with van der Waals surface area (Å²) in [5.74, 6) is 0.501. The van der Waals surface area contributed by atoms with Crippen molar-refractivity contribution in [3.8, 4) is 0 Å². The van der Waals surface area contributed by atoms with Gasteiger partial charge < -0.3 is 5.32 Å². The maximum Gasteiger partial charge on any atom is 0.125 e. The van der Waals surface area contributed by atoms with E-state index in [4.69, 9.17) is 0 Å². The Morgan fingerprint density at radius 2 is 2.05 bits per heavy atom. The molecule has 0 saturated heterocycles. The summed E-state index contributed by atoms with van der Waals surface area (Å²) in [4.78, 5) is 1.36. The minimum Gasteiger partial charge on any atom is -0.377 e. The lowest BCUT2D eigenvalue weighted by Crippen LogP contribution is -2.18. The predicted molar refractivity (Wildman–Crippen MR) is 83.8 cm³/mol. The SMILES string of the molecule is Cc1cc(F)cc(NC(c2cccs2)C2CCCC2)c1. The molecule has 1 saturated carbocycles. The van der Waals surface area contributed by atoms with E-state index in [-0.39, 0.29) is 5.82 Å². The van der Waals surface area contributed by atoms with Gasteiger partial charge in [0.15, 0.2) is 0 Å². The molecule has 1 nitrogen and oxygen atoms in total. The van der Waals surface area contributed by atoms with E-state index in [9.17, 15) is 4.39 Å². The minimum absolute atomic E-state index is 0.163. The van der Waals surface area contributed by atoms with Gasteiger partial charge in [-0.3, -0.25) is 0 Å². The Labute approximate surface area is 123 Å². The molecule has 106 valence electrons. The van der Waals surface area contributed by atoms with Crippen LogP contribution in [-0.4, -0.2) is 0 Å². The van der Waals surface area contributed by atoms with E-state index in [0.29, 0.717) is 12.0 Å². The van der Waals surface area contributed by atoms with Crippen molar-refractivity contribution in [2.45, 2.75) is 38.6 Å². The number of anilines is 1. The highest BCUT2D eigenvalue weighted by Crippen LogP contribution is 2.39. The number of nitrogens with one attached hydrogen (secondary N) is 1. The Bertz CT molecular complexity index is 538. The Balaban J connectivity index is 1.85. The fourth-order valence-corrected chi connectivity index (χ4v) is 4.05. The topological polar surface area (TPSA) is 12.0 Å². The van der Waals surface area contributed by atoms with Gasteiger partial charge in [-0.25, -0.2) is 4.39 Å². The van der Waals surface area contributed by atoms with Crippen molar-refractivity contribution in [1.29, 1.82) is 0 Å². The van der Waals surface area contributed by atoms with Gasteiger partial charge >= 0.3 is 0 Å². The summed E-state index contributed by atoms with van der Waals surface area (Å²) < 4.78 is 13.6. The van der Waals surface area contributed by atoms with Crippen molar-refractivity contribution in [3.63, 3.8) is 0 Å². The molecule has 1 aromatic carbocycles. The molecule has 1 aliphatic rings. The van der Waals surface area contributed by atoms with Crippen molar-refractivity contribution < 1.29 is 4.39 Å². The fourth-order valence-electron chi connectivity index (χ4n) is 3.18. The molecule has 1 N–H and O–H groups in total. The van der Waals surface area contributed by atoms with Crippen LogP contribution in [0.5, 0.6) is 0 Å². The van der Waals surface area contributed by atoms with Crippen LogP contribution in [0.4, 0.5) is 10.1 Å². The zero-order valence-corrected chi connectivity index (χ0v) is 12.5. The smallest absolute Gasteiger partial charge is 0.125 e. The third kappa shape index (κ3) is 3.04. The van der Waals surface area contributed by atoms with E-state index in [1.165, 1.54) is 30.6 Å². The van der Waals surface area contributed by atoms with Crippen LogP contribution in [0.1, 0.15) is 42.2 Å². The number of benzene rings is 1. The first-order chi connectivity index (χ1) is 9.72. The van der Waals surface area contributed by atoms with Crippen LogP contribution in [-0.2, 0) is 0 Å². The quantitative estimate of drug-likeness (QED) is 0.779. The Morgan fingerprint density at radius 1 is 1.25 bits per heavy atom. The molecule has 0 bridgehead atoms. The van der Waals surface area contributed by atoms with Crippen LogP contribution < -0.4 is 5.32 Å². The summed E-state index contributed by atoms with van der Waals surface area (Å²) in [6, 6.07) is 9.80. The van der Waals surface area contributed by atoms with Gasteiger partial charge in [-0.05, 0) is 60.9 Å². The van der Waals surface area contributed by atoms with Gasteiger partial charge in [0, 0.05) is 10.6 Å². The van der Waals surface area contributed by atoms with Gasteiger partial charge in [0.2, 0.25) is 0 Å². The van der Waals surface area contributed by atoms with Gasteiger partial charge in [-0.15, -0.1) is 11.3 Å². The molecule has 1 heterocycles. The van der Waals surface area contributed by atoms with Crippen LogP contribution in [0.15, 0.2) is 35.7 Å². The molecule has 0 radical (unpaired) electrons. The van der Waals surface area contributed by atoms with Gasteiger partial charge in [-0.1, -0.05) is 18.9 Å². The van der Waals surface area contributed by atoms with Gasteiger partial charge in [-0.2, -0.15) is 0 Å². The monoisotopic (exact) mass is 289 g/mol. The van der Waals surface area contributed by atoms with Crippen LogP contribution >= 0.6 is 11.3 Å². The van der Waals surface area contributed by atoms with Crippen LogP contribution in [0, 0.1) is 18.7 Å². The van der Waals surface area contributed by atoms with Crippen LogP contribution in [0.3, 0.4) is 0 Å². The van der Waals surface area contributed by atoms with Gasteiger partial charge in [0.1, 0.15) is 5.82 Å². The van der Waals surface area contributed by atoms with E-state index in [1.807, 2.05) is 13.0 Å². The molecule has 0 spiro atoms. The number of hydrogen-bond acceptors (Lipinski definition) is 2. The molecule has 1 unspecified atom stereocenters. The number of rotatable bonds is 4. The molecule has 1 atom stereocenters. The maximum absolute atomic E-state index is 13.6. The van der Waals surface area contributed by atoms with Crippen LogP contribution in [0.25, 0.3) is 0 Å². The van der Waals surface area contributed by atoms with Crippen molar-refractivity contribution in [3.05, 3.63) is 52.0 Å². The lowest BCUT2D eigenvalue weighted by atomic mass is 9.96. The van der Waals surface area contributed by atoms with Crippen LogP contribution in [0.2, 0.25) is 0 Å². The average Bonchev–Trinajstić information content (AvgIpc) is 3.08. The number of halogens is 1. The average molecular weight is 289 g/mol. The van der Waals surface area contributed by atoms with Crippen molar-refractivity contribution in [2.24, 2.45) is 5.92 Å². The van der Waals surface area contributed by atoms with Crippen molar-refractivity contribution in [2.75, 3.05) is 5.32 Å². The fraction of sp³-hybridized carbons (Fsp3) is 0.412. The summed E-state index contributed by atoms with van der Waals surface area (Å²) in [6.45, 7) is 1.93. The lowest BCUT2D eigenvalue weighted by molar-refractivity contribution is 0.475. The minimum atomic E-state index is -0.163. The summed E-state index contributed by atoms with van der Waals surface area (Å²) in [6.07, 6.45) is 5.17. The molecule has 2 aromatic rings. The van der Waals surface area contributed by atoms with E-state index < -0.39 is 0 Å². The van der Waals surface area contributed by atoms with E-state index in [2.05, 4.69) is 22.8 Å².